The summed E-state index contributed by atoms with van der Waals surface area (Å²) in [6, 6.07) is 14.9. The van der Waals surface area contributed by atoms with Crippen molar-refractivity contribution in [3.05, 3.63) is 60.1 Å². The third kappa shape index (κ3) is 2.54. The topological polar surface area (TPSA) is 54.4 Å². The van der Waals surface area contributed by atoms with Crippen molar-refractivity contribution in [3.63, 3.8) is 0 Å². The molecule has 112 valence electrons. The predicted molar refractivity (Wildman–Crippen MR) is 84.6 cm³/mol. The predicted octanol–water partition coefficient (Wildman–Crippen LogP) is 3.89. The Bertz CT molecular complexity index is 734. The normalized spacial score (nSPS) is 24.2. The van der Waals surface area contributed by atoms with Crippen LogP contribution in [0.15, 0.2) is 54.6 Å². The second-order valence-electron chi connectivity index (χ2n) is 5.91. The number of carboxylic acid groups (broad SMARTS) is 1. The summed E-state index contributed by atoms with van der Waals surface area (Å²) < 4.78 is 7.50. The zero-order chi connectivity index (χ0) is 16.6. The fraction of sp³-hybridized carbons (Fsp3) is 0.263. The van der Waals surface area contributed by atoms with Gasteiger partial charge in [-0.15, -0.1) is 0 Å². The summed E-state index contributed by atoms with van der Waals surface area (Å²) in [6.45, 7) is 1.88. The third-order valence-electron chi connectivity index (χ3n) is 4.52. The number of ketones is 1. The van der Waals surface area contributed by atoms with Gasteiger partial charge in [0.05, 0.1) is 7.29 Å². The van der Waals surface area contributed by atoms with Gasteiger partial charge in [-0.2, -0.15) is 0 Å². The van der Waals surface area contributed by atoms with Gasteiger partial charge in [-0.25, -0.2) is 0 Å². The molecule has 3 rings (SSSR count). The highest BCUT2D eigenvalue weighted by Gasteiger charge is 2.47. The van der Waals surface area contributed by atoms with Crippen LogP contribution in [-0.4, -0.2) is 16.9 Å². The highest BCUT2D eigenvalue weighted by atomic mass is 16.4. The third-order valence-corrected chi connectivity index (χ3v) is 4.52. The van der Waals surface area contributed by atoms with Crippen LogP contribution in [0.3, 0.4) is 0 Å². The van der Waals surface area contributed by atoms with Crippen molar-refractivity contribution in [2.75, 3.05) is 0 Å². The molecular formula is C19H18O3. The molecule has 3 heteroatoms. The van der Waals surface area contributed by atoms with E-state index >= 15 is 0 Å². The summed E-state index contributed by atoms with van der Waals surface area (Å²) in [6.07, 6.45) is 0.641. The largest absolute Gasteiger partial charge is 0.481 e. The lowest BCUT2D eigenvalue weighted by molar-refractivity contribution is -0.150. The number of carboxylic acids is 1. The van der Waals surface area contributed by atoms with Gasteiger partial charge >= 0.3 is 5.97 Å². The van der Waals surface area contributed by atoms with Gasteiger partial charge in [0.15, 0.2) is 5.78 Å². The molecule has 3 atom stereocenters. The van der Waals surface area contributed by atoms with Crippen molar-refractivity contribution in [2.45, 2.75) is 13.3 Å². The van der Waals surface area contributed by atoms with Crippen LogP contribution in [0.25, 0.3) is 11.1 Å². The Morgan fingerprint density at radius 3 is 2.23 bits per heavy atom. The molecule has 2 aromatic rings. The Labute approximate surface area is 131 Å². The van der Waals surface area contributed by atoms with Gasteiger partial charge in [-0.3, -0.25) is 9.59 Å². The summed E-state index contributed by atoms with van der Waals surface area (Å²) in [5, 5.41) is 9.22. The SMILES string of the molecule is [3H]c1ccc(-c2ccc(C(=O)C3CC(C)C3C(=O)O)cc2)cc1. The number of aliphatic carboxylic acids is 1. The van der Waals surface area contributed by atoms with Crippen molar-refractivity contribution >= 4 is 11.8 Å². The monoisotopic (exact) mass is 296 g/mol. The molecule has 0 bridgehead atoms. The van der Waals surface area contributed by atoms with E-state index in [0.717, 1.165) is 11.1 Å². The van der Waals surface area contributed by atoms with Gasteiger partial charge in [0.2, 0.25) is 0 Å². The van der Waals surface area contributed by atoms with Crippen molar-refractivity contribution in [2.24, 2.45) is 17.8 Å². The molecule has 22 heavy (non-hydrogen) atoms. The van der Waals surface area contributed by atoms with E-state index in [9.17, 15) is 14.7 Å². The molecule has 0 spiro atoms. The highest BCUT2D eigenvalue weighted by Crippen LogP contribution is 2.42. The molecule has 0 saturated heterocycles. The smallest absolute Gasteiger partial charge is 0.307 e. The quantitative estimate of drug-likeness (QED) is 0.871. The minimum absolute atomic E-state index is 0.0594. The molecule has 1 fully saturated rings. The molecule has 0 radical (unpaired) electrons. The van der Waals surface area contributed by atoms with Crippen LogP contribution < -0.4 is 0 Å². The minimum atomic E-state index is -0.880. The van der Waals surface area contributed by atoms with E-state index in [1.807, 2.05) is 31.2 Å². The number of hydrogen-bond donors (Lipinski definition) is 1. The molecule has 3 unspecified atom stereocenters. The van der Waals surface area contributed by atoms with Crippen molar-refractivity contribution in [1.82, 2.24) is 0 Å². The van der Waals surface area contributed by atoms with E-state index < -0.39 is 17.8 Å². The first-order valence-corrected chi connectivity index (χ1v) is 7.41. The number of carbonyl (C=O) groups is 2. The molecule has 1 aliphatic rings. The Balaban J connectivity index is 1.78. The first-order chi connectivity index (χ1) is 11.0. The van der Waals surface area contributed by atoms with Crippen LogP contribution in [0.1, 0.15) is 25.1 Å². The lowest BCUT2D eigenvalue weighted by Gasteiger charge is -2.38. The van der Waals surface area contributed by atoms with Gasteiger partial charge < -0.3 is 5.11 Å². The Kier molecular flexibility index (Phi) is 3.47. The molecule has 0 heterocycles. The van der Waals surface area contributed by atoms with Gasteiger partial charge in [-0.1, -0.05) is 61.5 Å². The number of Topliss-reactive ketones (excluding diaryl/α,β-unsaturated/α-hetero) is 1. The minimum Gasteiger partial charge on any atom is -0.481 e. The van der Waals surface area contributed by atoms with Crippen LogP contribution >= 0.6 is 0 Å². The molecule has 0 amide bonds. The van der Waals surface area contributed by atoms with E-state index in [1.165, 1.54) is 0 Å². The summed E-state index contributed by atoms with van der Waals surface area (Å²) in [7, 11) is 0. The maximum absolute atomic E-state index is 12.5. The second kappa shape index (κ2) is 5.76. The van der Waals surface area contributed by atoms with Crippen LogP contribution in [0, 0.1) is 17.8 Å². The molecule has 1 aliphatic carbocycles. The average Bonchev–Trinajstić information content (AvgIpc) is 2.52. The van der Waals surface area contributed by atoms with Crippen LogP contribution in [0.4, 0.5) is 0 Å². The van der Waals surface area contributed by atoms with Crippen molar-refractivity contribution < 1.29 is 16.1 Å². The van der Waals surface area contributed by atoms with Crippen molar-refractivity contribution in [1.29, 1.82) is 0 Å². The maximum atomic E-state index is 12.5. The Morgan fingerprint density at radius 1 is 1.09 bits per heavy atom. The number of benzene rings is 2. The van der Waals surface area contributed by atoms with E-state index in [0.29, 0.717) is 18.0 Å². The summed E-state index contributed by atoms with van der Waals surface area (Å²) in [5.74, 6) is -1.87. The summed E-state index contributed by atoms with van der Waals surface area (Å²) in [5.41, 5.74) is 2.52. The maximum Gasteiger partial charge on any atom is 0.307 e. The molecule has 3 nitrogen and oxygen atoms in total. The van der Waals surface area contributed by atoms with E-state index in [4.69, 9.17) is 1.37 Å². The van der Waals surface area contributed by atoms with Gasteiger partial charge in [0.25, 0.3) is 0 Å². The highest BCUT2D eigenvalue weighted by molar-refractivity contribution is 6.01. The molecule has 2 aromatic carbocycles. The first kappa shape index (κ1) is 13.3. The van der Waals surface area contributed by atoms with Crippen molar-refractivity contribution in [3.8, 4) is 11.1 Å². The van der Waals surface area contributed by atoms with Crippen LogP contribution in [-0.2, 0) is 4.79 Å². The van der Waals surface area contributed by atoms with Gasteiger partial charge in [0, 0.05) is 11.5 Å². The molecule has 1 saturated carbocycles. The Hall–Kier alpha value is -2.42. The van der Waals surface area contributed by atoms with Gasteiger partial charge in [0.1, 0.15) is 0 Å². The van der Waals surface area contributed by atoms with E-state index in [1.54, 1.807) is 24.3 Å². The fourth-order valence-electron chi connectivity index (χ4n) is 3.20. The number of hydrogen-bond acceptors (Lipinski definition) is 2. The zero-order valence-electron chi connectivity index (χ0n) is 13.3. The average molecular weight is 296 g/mol. The summed E-state index contributed by atoms with van der Waals surface area (Å²) in [4.78, 5) is 23.7. The summed E-state index contributed by atoms with van der Waals surface area (Å²) >= 11 is 0. The second-order valence-corrected chi connectivity index (χ2v) is 5.91. The standard InChI is InChI=1S/C19H18O3/c1-12-11-16(17(12)19(21)22)18(20)15-9-7-14(8-10-15)13-5-3-2-4-6-13/h2-10,12,16-17H,11H2,1H3,(H,21,22)/i2T. The number of carbonyl (C=O) groups excluding carboxylic acids is 1. The fourth-order valence-corrected chi connectivity index (χ4v) is 3.20. The van der Waals surface area contributed by atoms with E-state index in [-0.39, 0.29) is 11.7 Å². The Morgan fingerprint density at radius 2 is 1.68 bits per heavy atom. The lowest BCUT2D eigenvalue weighted by Crippen LogP contribution is -2.44. The lowest BCUT2D eigenvalue weighted by atomic mass is 9.63. The first-order valence-electron chi connectivity index (χ1n) is 7.91. The molecule has 0 aliphatic heterocycles. The zero-order valence-corrected chi connectivity index (χ0v) is 12.3. The van der Waals surface area contributed by atoms with Crippen LogP contribution in [0.2, 0.25) is 0 Å². The van der Waals surface area contributed by atoms with Crippen LogP contribution in [0.5, 0.6) is 0 Å². The molecule has 1 N–H and O–H groups in total. The number of rotatable bonds is 4. The van der Waals surface area contributed by atoms with Gasteiger partial charge in [-0.05, 0) is 23.5 Å². The molecule has 0 aromatic heterocycles. The van der Waals surface area contributed by atoms with E-state index in [2.05, 4.69) is 0 Å². The molecular weight excluding hydrogens is 276 g/mol.